The molecule has 0 aliphatic heterocycles. The van der Waals surface area contributed by atoms with Crippen LogP contribution in [-0.2, 0) is 4.79 Å². The second-order valence-electron chi connectivity index (χ2n) is 5.73. The van der Waals surface area contributed by atoms with Gasteiger partial charge in [-0.2, -0.15) is 0 Å². The van der Waals surface area contributed by atoms with Gasteiger partial charge in [0.2, 0.25) is 5.91 Å². The minimum absolute atomic E-state index is 0.261. The number of likely N-dealkylation sites (N-methyl/N-ethyl adjacent to an activating group) is 1. The van der Waals surface area contributed by atoms with Crippen LogP contribution in [0.25, 0.3) is 0 Å². The summed E-state index contributed by atoms with van der Waals surface area (Å²) in [6, 6.07) is 6.89. The lowest BCUT2D eigenvalue weighted by Crippen LogP contribution is -2.44. The number of amides is 3. The van der Waals surface area contributed by atoms with Crippen LogP contribution < -0.4 is 15.4 Å². The Bertz CT molecular complexity index is 524. The quantitative estimate of drug-likeness (QED) is 0.845. The minimum atomic E-state index is -0.511. The Kier molecular flexibility index (Phi) is 6.40. The number of carbonyl (C=O) groups excluding carboxylic acids is 2. The topological polar surface area (TPSA) is 70.7 Å². The van der Waals surface area contributed by atoms with E-state index in [0.29, 0.717) is 17.5 Å². The van der Waals surface area contributed by atoms with E-state index in [1.807, 2.05) is 6.92 Å². The fourth-order valence-electron chi connectivity index (χ4n) is 2.96. The highest BCUT2D eigenvalue weighted by Crippen LogP contribution is 2.22. The molecular formula is C17H25N3O3. The molecule has 0 aromatic heterocycles. The summed E-state index contributed by atoms with van der Waals surface area (Å²) in [6.45, 7) is 3.12. The Hall–Kier alpha value is -2.08. The van der Waals surface area contributed by atoms with E-state index < -0.39 is 6.03 Å². The van der Waals surface area contributed by atoms with E-state index >= 15 is 0 Å². The number of urea groups is 1. The SMILES string of the molecule is CCN(CC(=O)NC(=O)Nc1ccc(OC)cc1)C1CCCC1. The van der Waals surface area contributed by atoms with E-state index in [4.69, 9.17) is 4.74 Å². The number of hydrogen-bond donors (Lipinski definition) is 2. The average molecular weight is 319 g/mol. The van der Waals surface area contributed by atoms with Crippen LogP contribution in [0.3, 0.4) is 0 Å². The summed E-state index contributed by atoms with van der Waals surface area (Å²) in [6.07, 6.45) is 4.72. The number of imide groups is 1. The minimum Gasteiger partial charge on any atom is -0.497 e. The van der Waals surface area contributed by atoms with Gasteiger partial charge in [-0.15, -0.1) is 0 Å². The number of hydrogen-bond acceptors (Lipinski definition) is 4. The zero-order valence-corrected chi connectivity index (χ0v) is 13.8. The van der Waals surface area contributed by atoms with Gasteiger partial charge in [0.1, 0.15) is 5.75 Å². The normalized spacial score (nSPS) is 14.7. The van der Waals surface area contributed by atoms with Crippen LogP contribution in [0, 0.1) is 0 Å². The molecule has 1 aromatic rings. The predicted molar refractivity (Wildman–Crippen MR) is 89.7 cm³/mol. The van der Waals surface area contributed by atoms with Crippen LogP contribution in [-0.4, -0.2) is 43.1 Å². The summed E-state index contributed by atoms with van der Waals surface area (Å²) in [7, 11) is 1.58. The summed E-state index contributed by atoms with van der Waals surface area (Å²) in [5, 5.41) is 5.02. The molecule has 2 N–H and O–H groups in total. The standard InChI is InChI=1S/C17H25N3O3/c1-3-20(14-6-4-5-7-14)12-16(21)19-17(22)18-13-8-10-15(23-2)11-9-13/h8-11,14H,3-7,12H2,1-2H3,(H2,18,19,21,22). The second kappa shape index (κ2) is 8.53. The Labute approximate surface area is 137 Å². The molecule has 6 heteroatoms. The molecule has 1 aliphatic rings. The van der Waals surface area contributed by atoms with E-state index in [1.54, 1.807) is 31.4 Å². The number of rotatable bonds is 6. The van der Waals surface area contributed by atoms with Crippen LogP contribution in [0.15, 0.2) is 24.3 Å². The number of carbonyl (C=O) groups is 2. The van der Waals surface area contributed by atoms with Gasteiger partial charge in [0.25, 0.3) is 0 Å². The maximum absolute atomic E-state index is 12.0. The molecule has 2 rings (SSSR count). The van der Waals surface area contributed by atoms with Crippen molar-refractivity contribution in [2.75, 3.05) is 25.5 Å². The molecule has 1 saturated carbocycles. The van der Waals surface area contributed by atoms with Crippen LogP contribution in [0.4, 0.5) is 10.5 Å². The zero-order chi connectivity index (χ0) is 16.7. The first kappa shape index (κ1) is 17.3. The van der Waals surface area contributed by atoms with Gasteiger partial charge < -0.3 is 10.1 Å². The number of nitrogens with one attached hydrogen (secondary N) is 2. The van der Waals surface area contributed by atoms with E-state index in [2.05, 4.69) is 15.5 Å². The first-order chi connectivity index (χ1) is 11.1. The van der Waals surface area contributed by atoms with E-state index in [9.17, 15) is 9.59 Å². The zero-order valence-electron chi connectivity index (χ0n) is 13.8. The fourth-order valence-corrected chi connectivity index (χ4v) is 2.96. The van der Waals surface area contributed by atoms with Gasteiger partial charge in [0.05, 0.1) is 13.7 Å². The Balaban J connectivity index is 1.80. The molecule has 0 saturated heterocycles. The third kappa shape index (κ3) is 5.25. The van der Waals surface area contributed by atoms with Gasteiger partial charge in [0, 0.05) is 11.7 Å². The lowest BCUT2D eigenvalue weighted by molar-refractivity contribution is -0.121. The molecule has 1 aromatic carbocycles. The van der Waals surface area contributed by atoms with Crippen molar-refractivity contribution < 1.29 is 14.3 Å². The summed E-state index contributed by atoms with van der Waals surface area (Å²) >= 11 is 0. The summed E-state index contributed by atoms with van der Waals surface area (Å²) in [5.41, 5.74) is 0.610. The fraction of sp³-hybridized carbons (Fsp3) is 0.529. The van der Waals surface area contributed by atoms with Crippen molar-refractivity contribution in [3.63, 3.8) is 0 Å². The predicted octanol–water partition coefficient (Wildman–Crippen LogP) is 2.61. The van der Waals surface area contributed by atoms with Crippen LogP contribution in [0.5, 0.6) is 5.75 Å². The van der Waals surface area contributed by atoms with Crippen molar-refractivity contribution in [1.82, 2.24) is 10.2 Å². The number of anilines is 1. The van der Waals surface area contributed by atoms with Crippen molar-refractivity contribution in [1.29, 1.82) is 0 Å². The van der Waals surface area contributed by atoms with Gasteiger partial charge in [-0.05, 0) is 43.7 Å². The largest absolute Gasteiger partial charge is 0.497 e. The van der Waals surface area contributed by atoms with Crippen LogP contribution >= 0.6 is 0 Å². The van der Waals surface area contributed by atoms with Gasteiger partial charge in [-0.3, -0.25) is 15.0 Å². The van der Waals surface area contributed by atoms with Gasteiger partial charge >= 0.3 is 6.03 Å². The third-order valence-electron chi connectivity index (χ3n) is 4.19. The van der Waals surface area contributed by atoms with E-state index in [-0.39, 0.29) is 12.5 Å². The molecule has 23 heavy (non-hydrogen) atoms. The monoisotopic (exact) mass is 319 g/mol. The Morgan fingerprint density at radius 3 is 2.43 bits per heavy atom. The Morgan fingerprint density at radius 1 is 1.22 bits per heavy atom. The van der Waals surface area contributed by atoms with Gasteiger partial charge in [0.15, 0.2) is 0 Å². The number of nitrogens with zero attached hydrogens (tertiary/aromatic N) is 1. The summed E-state index contributed by atoms with van der Waals surface area (Å²) in [4.78, 5) is 26.1. The Morgan fingerprint density at radius 2 is 1.87 bits per heavy atom. The summed E-state index contributed by atoms with van der Waals surface area (Å²) < 4.78 is 5.06. The molecule has 0 heterocycles. The maximum Gasteiger partial charge on any atom is 0.325 e. The number of ether oxygens (including phenoxy) is 1. The molecule has 0 radical (unpaired) electrons. The van der Waals surface area contributed by atoms with Crippen molar-refractivity contribution in [3.8, 4) is 5.75 Å². The summed E-state index contributed by atoms with van der Waals surface area (Å²) in [5.74, 6) is 0.437. The lowest BCUT2D eigenvalue weighted by Gasteiger charge is -2.26. The van der Waals surface area contributed by atoms with Crippen molar-refractivity contribution in [2.45, 2.75) is 38.6 Å². The van der Waals surface area contributed by atoms with Crippen molar-refractivity contribution >= 4 is 17.6 Å². The molecule has 126 valence electrons. The highest BCUT2D eigenvalue weighted by atomic mass is 16.5. The first-order valence-corrected chi connectivity index (χ1v) is 8.11. The van der Waals surface area contributed by atoms with Gasteiger partial charge in [-0.1, -0.05) is 19.8 Å². The molecule has 3 amide bonds. The molecule has 1 fully saturated rings. The average Bonchev–Trinajstić information content (AvgIpc) is 3.07. The smallest absolute Gasteiger partial charge is 0.325 e. The van der Waals surface area contributed by atoms with Gasteiger partial charge in [-0.25, -0.2) is 4.79 Å². The molecule has 0 spiro atoms. The van der Waals surface area contributed by atoms with E-state index in [1.165, 1.54) is 12.8 Å². The molecule has 0 unspecified atom stereocenters. The number of methoxy groups -OCH3 is 1. The highest BCUT2D eigenvalue weighted by Gasteiger charge is 2.23. The molecule has 1 aliphatic carbocycles. The molecule has 0 bridgehead atoms. The molecular weight excluding hydrogens is 294 g/mol. The number of benzene rings is 1. The molecule has 0 atom stereocenters. The van der Waals surface area contributed by atoms with Crippen molar-refractivity contribution in [2.24, 2.45) is 0 Å². The lowest BCUT2D eigenvalue weighted by atomic mass is 10.2. The second-order valence-corrected chi connectivity index (χ2v) is 5.73. The molecule has 6 nitrogen and oxygen atoms in total. The third-order valence-corrected chi connectivity index (χ3v) is 4.19. The maximum atomic E-state index is 12.0. The first-order valence-electron chi connectivity index (χ1n) is 8.11. The van der Waals surface area contributed by atoms with E-state index in [0.717, 1.165) is 19.4 Å². The highest BCUT2D eigenvalue weighted by molar-refractivity contribution is 6.01. The van der Waals surface area contributed by atoms with Crippen molar-refractivity contribution in [3.05, 3.63) is 24.3 Å². The van der Waals surface area contributed by atoms with Crippen LogP contribution in [0.2, 0.25) is 0 Å². The van der Waals surface area contributed by atoms with Crippen LogP contribution in [0.1, 0.15) is 32.6 Å².